The van der Waals surface area contributed by atoms with Crippen LogP contribution in [0.25, 0.3) is 0 Å². The molecule has 0 radical (unpaired) electrons. The summed E-state index contributed by atoms with van der Waals surface area (Å²) in [5.41, 5.74) is 1.66. The molecule has 5 nitrogen and oxygen atoms in total. The molecule has 0 spiro atoms. The van der Waals surface area contributed by atoms with Crippen molar-refractivity contribution in [1.29, 1.82) is 0 Å². The maximum absolute atomic E-state index is 12.2. The maximum atomic E-state index is 12.2. The lowest BCUT2D eigenvalue weighted by atomic mass is 10.3. The van der Waals surface area contributed by atoms with Gasteiger partial charge in [-0.1, -0.05) is 0 Å². The average molecular weight is 263 g/mol. The van der Waals surface area contributed by atoms with Crippen LogP contribution in [-0.4, -0.2) is 27.9 Å². The standard InChI is InChI=1S/C12H11ClN4O/c1-8-7-10(16-12(13)15-8)11(18)17(2)9-3-5-14-6-4-9/h3-7H,1-2H3. The fourth-order valence-electron chi connectivity index (χ4n) is 1.50. The third kappa shape index (κ3) is 2.62. The number of anilines is 1. The van der Waals surface area contributed by atoms with Gasteiger partial charge in [-0.15, -0.1) is 0 Å². The van der Waals surface area contributed by atoms with Crippen LogP contribution < -0.4 is 4.90 Å². The fourth-order valence-corrected chi connectivity index (χ4v) is 1.72. The van der Waals surface area contributed by atoms with Gasteiger partial charge in [0, 0.05) is 30.8 Å². The van der Waals surface area contributed by atoms with E-state index in [2.05, 4.69) is 15.0 Å². The van der Waals surface area contributed by atoms with Gasteiger partial charge in [-0.25, -0.2) is 9.97 Å². The Hall–Kier alpha value is -2.01. The normalized spacial score (nSPS) is 10.2. The number of hydrogen-bond acceptors (Lipinski definition) is 4. The second-order valence-electron chi connectivity index (χ2n) is 3.73. The molecule has 0 unspecified atom stereocenters. The first kappa shape index (κ1) is 12.4. The molecule has 92 valence electrons. The predicted octanol–water partition coefficient (Wildman–Crippen LogP) is 2.11. The van der Waals surface area contributed by atoms with Crippen molar-refractivity contribution in [3.63, 3.8) is 0 Å². The summed E-state index contributed by atoms with van der Waals surface area (Å²) in [5.74, 6) is -0.242. The second kappa shape index (κ2) is 5.10. The minimum atomic E-state index is -0.242. The Morgan fingerprint density at radius 1 is 1.28 bits per heavy atom. The van der Waals surface area contributed by atoms with Crippen molar-refractivity contribution in [3.05, 3.63) is 47.3 Å². The molecular weight excluding hydrogens is 252 g/mol. The van der Waals surface area contributed by atoms with Crippen LogP contribution in [0.2, 0.25) is 5.28 Å². The van der Waals surface area contributed by atoms with Gasteiger partial charge in [0.1, 0.15) is 5.69 Å². The quantitative estimate of drug-likeness (QED) is 0.778. The van der Waals surface area contributed by atoms with Crippen LogP contribution in [0.1, 0.15) is 16.2 Å². The lowest BCUT2D eigenvalue weighted by molar-refractivity contribution is 0.0988. The Morgan fingerprint density at radius 2 is 1.94 bits per heavy atom. The van der Waals surface area contributed by atoms with E-state index in [4.69, 9.17) is 11.6 Å². The van der Waals surface area contributed by atoms with Crippen molar-refractivity contribution in [2.75, 3.05) is 11.9 Å². The zero-order chi connectivity index (χ0) is 13.1. The number of rotatable bonds is 2. The van der Waals surface area contributed by atoms with Crippen LogP contribution in [0.4, 0.5) is 5.69 Å². The van der Waals surface area contributed by atoms with Crippen LogP contribution in [0.3, 0.4) is 0 Å². The number of aromatic nitrogens is 3. The van der Waals surface area contributed by atoms with E-state index in [1.807, 2.05) is 0 Å². The molecule has 6 heteroatoms. The number of carbonyl (C=O) groups is 1. The SMILES string of the molecule is Cc1cc(C(=O)N(C)c2ccncc2)nc(Cl)n1. The van der Waals surface area contributed by atoms with Gasteiger partial charge < -0.3 is 4.90 Å². The predicted molar refractivity (Wildman–Crippen MR) is 68.7 cm³/mol. The molecule has 1 amide bonds. The van der Waals surface area contributed by atoms with Gasteiger partial charge >= 0.3 is 0 Å². The van der Waals surface area contributed by atoms with Crippen molar-refractivity contribution in [1.82, 2.24) is 15.0 Å². The van der Waals surface area contributed by atoms with E-state index in [1.165, 1.54) is 4.90 Å². The van der Waals surface area contributed by atoms with E-state index in [1.54, 1.807) is 44.6 Å². The summed E-state index contributed by atoms with van der Waals surface area (Å²) in [6, 6.07) is 5.09. The van der Waals surface area contributed by atoms with Gasteiger partial charge in [0.05, 0.1) is 0 Å². The molecule has 0 saturated heterocycles. The molecule has 0 fully saturated rings. The number of carbonyl (C=O) groups excluding carboxylic acids is 1. The van der Waals surface area contributed by atoms with E-state index in [-0.39, 0.29) is 16.9 Å². The van der Waals surface area contributed by atoms with Crippen molar-refractivity contribution in [2.45, 2.75) is 6.92 Å². The Bertz CT molecular complexity index is 553. The van der Waals surface area contributed by atoms with Gasteiger partial charge in [0.25, 0.3) is 5.91 Å². The van der Waals surface area contributed by atoms with Gasteiger partial charge in [-0.05, 0) is 36.7 Å². The molecule has 2 aromatic rings. The van der Waals surface area contributed by atoms with Crippen molar-refractivity contribution in [2.24, 2.45) is 0 Å². The molecule has 2 heterocycles. The molecule has 2 aromatic heterocycles. The Labute approximate surface area is 109 Å². The summed E-state index contributed by atoms with van der Waals surface area (Å²) >= 11 is 5.74. The number of amides is 1. The Balaban J connectivity index is 2.31. The molecule has 0 N–H and O–H groups in total. The van der Waals surface area contributed by atoms with E-state index in [0.29, 0.717) is 5.69 Å². The first-order chi connectivity index (χ1) is 8.58. The van der Waals surface area contributed by atoms with Crippen LogP contribution in [0, 0.1) is 6.92 Å². The second-order valence-corrected chi connectivity index (χ2v) is 4.07. The smallest absolute Gasteiger partial charge is 0.276 e. The van der Waals surface area contributed by atoms with Gasteiger partial charge in [0.15, 0.2) is 0 Å². The fraction of sp³-hybridized carbons (Fsp3) is 0.167. The van der Waals surface area contributed by atoms with E-state index in [0.717, 1.165) is 5.69 Å². The molecule has 18 heavy (non-hydrogen) atoms. The van der Waals surface area contributed by atoms with Crippen molar-refractivity contribution in [3.8, 4) is 0 Å². The molecule has 0 aliphatic rings. The van der Waals surface area contributed by atoms with Crippen LogP contribution in [-0.2, 0) is 0 Å². The summed E-state index contributed by atoms with van der Waals surface area (Å²) in [7, 11) is 1.67. The highest BCUT2D eigenvalue weighted by Gasteiger charge is 2.16. The minimum Gasteiger partial charge on any atom is -0.310 e. The van der Waals surface area contributed by atoms with E-state index in [9.17, 15) is 4.79 Å². The van der Waals surface area contributed by atoms with Crippen LogP contribution in [0.15, 0.2) is 30.6 Å². The summed E-state index contributed by atoms with van der Waals surface area (Å²) in [4.78, 5) is 25.4. The van der Waals surface area contributed by atoms with Gasteiger partial charge in [-0.3, -0.25) is 9.78 Å². The molecule has 0 bridgehead atoms. The number of halogens is 1. The van der Waals surface area contributed by atoms with E-state index >= 15 is 0 Å². The zero-order valence-electron chi connectivity index (χ0n) is 9.96. The maximum Gasteiger partial charge on any atom is 0.276 e. The molecule has 0 aliphatic heterocycles. The van der Waals surface area contributed by atoms with Crippen molar-refractivity contribution >= 4 is 23.2 Å². The number of hydrogen-bond donors (Lipinski definition) is 0. The number of aryl methyl sites for hydroxylation is 1. The van der Waals surface area contributed by atoms with Crippen LogP contribution >= 0.6 is 11.6 Å². The minimum absolute atomic E-state index is 0.0708. The average Bonchev–Trinajstić information content (AvgIpc) is 2.37. The Kier molecular flexibility index (Phi) is 3.53. The summed E-state index contributed by atoms with van der Waals surface area (Å²) < 4.78 is 0. The lowest BCUT2D eigenvalue weighted by Gasteiger charge is -2.16. The Morgan fingerprint density at radius 3 is 2.56 bits per heavy atom. The third-order valence-corrected chi connectivity index (χ3v) is 2.57. The molecule has 0 aliphatic carbocycles. The lowest BCUT2D eigenvalue weighted by Crippen LogP contribution is -2.27. The molecule has 0 saturated carbocycles. The van der Waals surface area contributed by atoms with Crippen LogP contribution in [0.5, 0.6) is 0 Å². The highest BCUT2D eigenvalue weighted by Crippen LogP contribution is 2.14. The third-order valence-electron chi connectivity index (χ3n) is 2.40. The summed E-state index contributed by atoms with van der Waals surface area (Å²) in [5, 5.41) is 0.0708. The molecule has 0 aromatic carbocycles. The van der Waals surface area contributed by atoms with E-state index < -0.39 is 0 Å². The zero-order valence-corrected chi connectivity index (χ0v) is 10.7. The molecule has 0 atom stereocenters. The summed E-state index contributed by atoms with van der Waals surface area (Å²) in [6.45, 7) is 1.76. The summed E-state index contributed by atoms with van der Waals surface area (Å²) in [6.07, 6.45) is 3.24. The van der Waals surface area contributed by atoms with Crippen molar-refractivity contribution < 1.29 is 4.79 Å². The van der Waals surface area contributed by atoms with Gasteiger partial charge in [0.2, 0.25) is 5.28 Å². The monoisotopic (exact) mass is 262 g/mol. The highest BCUT2D eigenvalue weighted by atomic mass is 35.5. The largest absolute Gasteiger partial charge is 0.310 e. The van der Waals surface area contributed by atoms with Gasteiger partial charge in [-0.2, -0.15) is 0 Å². The number of nitrogens with zero attached hydrogens (tertiary/aromatic N) is 4. The topological polar surface area (TPSA) is 59.0 Å². The highest BCUT2D eigenvalue weighted by molar-refractivity contribution is 6.28. The molecular formula is C12H11ClN4O. The molecule has 2 rings (SSSR count). The first-order valence-corrected chi connectivity index (χ1v) is 5.65. The first-order valence-electron chi connectivity index (χ1n) is 5.27. The number of pyridine rings is 1.